The molecule has 1 aliphatic heterocycles. The topological polar surface area (TPSA) is 46.6 Å². The van der Waals surface area contributed by atoms with E-state index in [4.69, 9.17) is 16.3 Å². The van der Waals surface area contributed by atoms with E-state index in [1.165, 1.54) is 17.8 Å². The standard InChI is InChI=1S/C22H22ClNO3S/c1-2-14-27-22(26)19-15-28-21(17-10-6-7-11-18(17)23)24(19)20(25)13-12-16-8-4-3-5-9-16/h3-13,19,21H,2,14-15H2,1H3. The molecule has 0 spiro atoms. The van der Waals surface area contributed by atoms with E-state index in [9.17, 15) is 9.59 Å². The van der Waals surface area contributed by atoms with Crippen LogP contribution in [0.5, 0.6) is 0 Å². The maximum absolute atomic E-state index is 13.1. The Morgan fingerprint density at radius 1 is 1.18 bits per heavy atom. The summed E-state index contributed by atoms with van der Waals surface area (Å²) in [6.45, 7) is 2.29. The second kappa shape index (κ2) is 9.80. The van der Waals surface area contributed by atoms with Gasteiger partial charge in [0.25, 0.3) is 0 Å². The van der Waals surface area contributed by atoms with E-state index in [0.29, 0.717) is 17.4 Å². The highest BCUT2D eigenvalue weighted by atomic mass is 35.5. The monoisotopic (exact) mass is 415 g/mol. The number of amides is 1. The van der Waals surface area contributed by atoms with Crippen LogP contribution in [0, 0.1) is 0 Å². The molecule has 0 aromatic heterocycles. The van der Waals surface area contributed by atoms with Crippen LogP contribution in [-0.4, -0.2) is 35.2 Å². The van der Waals surface area contributed by atoms with Gasteiger partial charge >= 0.3 is 5.97 Å². The van der Waals surface area contributed by atoms with Gasteiger partial charge in [0.05, 0.1) is 6.61 Å². The zero-order chi connectivity index (χ0) is 19.9. The summed E-state index contributed by atoms with van der Waals surface area (Å²) in [5.74, 6) is -0.133. The Balaban J connectivity index is 1.88. The molecule has 2 aromatic rings. The lowest BCUT2D eigenvalue weighted by Gasteiger charge is -2.28. The van der Waals surface area contributed by atoms with Gasteiger partial charge in [-0.3, -0.25) is 4.79 Å². The van der Waals surface area contributed by atoms with Crippen molar-refractivity contribution in [3.63, 3.8) is 0 Å². The van der Waals surface area contributed by atoms with Gasteiger partial charge in [-0.15, -0.1) is 11.8 Å². The zero-order valence-electron chi connectivity index (χ0n) is 15.6. The lowest BCUT2D eigenvalue weighted by molar-refractivity contribution is -0.152. The van der Waals surface area contributed by atoms with Crippen molar-refractivity contribution < 1.29 is 14.3 Å². The summed E-state index contributed by atoms with van der Waals surface area (Å²) in [7, 11) is 0. The fourth-order valence-electron chi connectivity index (χ4n) is 2.99. The van der Waals surface area contributed by atoms with Crippen molar-refractivity contribution in [3.8, 4) is 0 Å². The molecule has 146 valence electrons. The third-order valence-electron chi connectivity index (χ3n) is 4.36. The molecule has 1 amide bonds. The maximum atomic E-state index is 13.1. The molecule has 1 fully saturated rings. The van der Waals surface area contributed by atoms with Crippen LogP contribution in [0.2, 0.25) is 5.02 Å². The molecule has 1 aliphatic rings. The van der Waals surface area contributed by atoms with Crippen LogP contribution in [-0.2, 0) is 14.3 Å². The van der Waals surface area contributed by atoms with Gasteiger partial charge in [0.2, 0.25) is 5.91 Å². The number of nitrogens with zero attached hydrogens (tertiary/aromatic N) is 1. The number of hydrogen-bond donors (Lipinski definition) is 0. The Hall–Kier alpha value is -2.24. The number of carbonyl (C=O) groups is 2. The van der Waals surface area contributed by atoms with Crippen molar-refractivity contribution in [1.29, 1.82) is 0 Å². The third-order valence-corrected chi connectivity index (χ3v) is 6.01. The van der Waals surface area contributed by atoms with E-state index in [1.807, 2.05) is 55.5 Å². The van der Waals surface area contributed by atoms with Gasteiger partial charge < -0.3 is 9.64 Å². The first-order valence-corrected chi connectivity index (χ1v) is 10.6. The van der Waals surface area contributed by atoms with E-state index < -0.39 is 6.04 Å². The van der Waals surface area contributed by atoms with Crippen molar-refractivity contribution in [3.05, 3.63) is 76.8 Å². The molecule has 0 radical (unpaired) electrons. The molecule has 0 bridgehead atoms. The van der Waals surface area contributed by atoms with Gasteiger partial charge in [0.15, 0.2) is 0 Å². The van der Waals surface area contributed by atoms with Crippen molar-refractivity contribution in [1.82, 2.24) is 4.90 Å². The van der Waals surface area contributed by atoms with E-state index in [2.05, 4.69) is 0 Å². The highest BCUT2D eigenvalue weighted by Gasteiger charge is 2.43. The number of rotatable bonds is 6. The highest BCUT2D eigenvalue weighted by molar-refractivity contribution is 7.99. The van der Waals surface area contributed by atoms with E-state index >= 15 is 0 Å². The first kappa shape index (κ1) is 20.5. The summed E-state index contributed by atoms with van der Waals surface area (Å²) < 4.78 is 5.33. The number of thioether (sulfide) groups is 1. The molecule has 0 saturated carbocycles. The molecule has 2 aromatic carbocycles. The molecular formula is C22H22ClNO3S. The fraction of sp³-hybridized carbons (Fsp3) is 0.273. The Morgan fingerprint density at radius 2 is 1.89 bits per heavy atom. The zero-order valence-corrected chi connectivity index (χ0v) is 17.2. The van der Waals surface area contributed by atoms with E-state index in [0.717, 1.165) is 17.5 Å². The Morgan fingerprint density at radius 3 is 2.61 bits per heavy atom. The largest absolute Gasteiger partial charge is 0.464 e. The Kier molecular flexibility index (Phi) is 7.18. The summed E-state index contributed by atoms with van der Waals surface area (Å²) in [6.07, 6.45) is 4.00. The van der Waals surface area contributed by atoms with Gasteiger partial charge in [-0.2, -0.15) is 0 Å². The predicted octanol–water partition coefficient (Wildman–Crippen LogP) is 4.95. The summed E-state index contributed by atoms with van der Waals surface area (Å²) in [4.78, 5) is 27.2. The summed E-state index contributed by atoms with van der Waals surface area (Å²) >= 11 is 7.90. The normalized spacial score (nSPS) is 19.1. The molecule has 28 heavy (non-hydrogen) atoms. The first-order chi connectivity index (χ1) is 13.6. The molecule has 3 rings (SSSR count). The van der Waals surface area contributed by atoms with Crippen molar-refractivity contribution >= 4 is 41.3 Å². The van der Waals surface area contributed by atoms with Crippen LogP contribution >= 0.6 is 23.4 Å². The van der Waals surface area contributed by atoms with Crippen molar-refractivity contribution in [2.75, 3.05) is 12.4 Å². The van der Waals surface area contributed by atoms with E-state index in [-0.39, 0.29) is 17.3 Å². The number of hydrogen-bond acceptors (Lipinski definition) is 4. The lowest BCUT2D eigenvalue weighted by atomic mass is 10.1. The van der Waals surface area contributed by atoms with Gasteiger partial charge in [-0.1, -0.05) is 67.1 Å². The number of halogens is 1. The van der Waals surface area contributed by atoms with Crippen LogP contribution in [0.3, 0.4) is 0 Å². The average molecular weight is 416 g/mol. The van der Waals surface area contributed by atoms with Crippen molar-refractivity contribution in [2.24, 2.45) is 0 Å². The molecule has 0 N–H and O–H groups in total. The average Bonchev–Trinajstić information content (AvgIpc) is 3.16. The van der Waals surface area contributed by atoms with Crippen LogP contribution in [0.4, 0.5) is 0 Å². The highest BCUT2D eigenvalue weighted by Crippen LogP contribution is 2.44. The van der Waals surface area contributed by atoms with Crippen LogP contribution in [0.25, 0.3) is 6.08 Å². The minimum absolute atomic E-state index is 0.239. The van der Waals surface area contributed by atoms with Gasteiger partial charge in [0.1, 0.15) is 11.4 Å². The van der Waals surface area contributed by atoms with Crippen LogP contribution < -0.4 is 0 Å². The third kappa shape index (κ3) is 4.78. The van der Waals surface area contributed by atoms with Gasteiger partial charge in [-0.05, 0) is 24.1 Å². The minimum atomic E-state index is -0.634. The Labute approximate surface area is 174 Å². The second-order valence-corrected chi connectivity index (χ2v) is 7.90. The maximum Gasteiger partial charge on any atom is 0.329 e. The molecule has 1 heterocycles. The summed E-state index contributed by atoms with van der Waals surface area (Å²) in [5, 5.41) is 0.244. The van der Waals surface area contributed by atoms with Crippen molar-refractivity contribution in [2.45, 2.75) is 24.8 Å². The van der Waals surface area contributed by atoms with Crippen LogP contribution in [0.1, 0.15) is 29.8 Å². The summed E-state index contributed by atoms with van der Waals surface area (Å²) in [5.41, 5.74) is 1.74. The van der Waals surface area contributed by atoms with E-state index in [1.54, 1.807) is 17.0 Å². The van der Waals surface area contributed by atoms with Gasteiger partial charge in [0, 0.05) is 22.4 Å². The van der Waals surface area contributed by atoms with Gasteiger partial charge in [-0.25, -0.2) is 4.79 Å². The smallest absolute Gasteiger partial charge is 0.329 e. The Bertz CT molecular complexity index is 856. The quantitative estimate of drug-likeness (QED) is 0.494. The number of esters is 1. The number of ether oxygens (including phenoxy) is 1. The second-order valence-electron chi connectivity index (χ2n) is 6.38. The van der Waals surface area contributed by atoms with Crippen LogP contribution in [0.15, 0.2) is 60.7 Å². The molecular weight excluding hydrogens is 394 g/mol. The fourth-order valence-corrected chi connectivity index (χ4v) is 4.75. The first-order valence-electron chi connectivity index (χ1n) is 9.20. The number of benzene rings is 2. The molecule has 6 heteroatoms. The predicted molar refractivity (Wildman–Crippen MR) is 114 cm³/mol. The summed E-state index contributed by atoms with van der Waals surface area (Å²) in [6, 6.07) is 16.4. The molecule has 2 unspecified atom stereocenters. The molecule has 4 nitrogen and oxygen atoms in total. The SMILES string of the molecule is CCCOC(=O)C1CSC(c2ccccc2Cl)N1C(=O)C=Cc1ccccc1. The molecule has 0 aliphatic carbocycles. The molecule has 1 saturated heterocycles. The lowest BCUT2D eigenvalue weighted by Crippen LogP contribution is -2.43. The molecule has 2 atom stereocenters. The number of carbonyl (C=O) groups excluding carboxylic acids is 2. The minimum Gasteiger partial charge on any atom is -0.464 e.